The van der Waals surface area contributed by atoms with Crippen LogP contribution in [-0.2, 0) is 6.42 Å². The van der Waals surface area contributed by atoms with E-state index < -0.39 is 6.04 Å². The average Bonchev–Trinajstić information content (AvgIpc) is 2.64. The number of carbonyl (C=O) groups is 1. The molecule has 5 nitrogen and oxygen atoms in total. The fraction of sp³-hybridized carbons (Fsp3) is 0.350. The molecule has 0 spiro atoms. The highest BCUT2D eigenvalue weighted by Crippen LogP contribution is 2.21. The third kappa shape index (κ3) is 5.22. The Labute approximate surface area is 149 Å². The highest BCUT2D eigenvalue weighted by atomic mass is 16.5. The van der Waals surface area contributed by atoms with Gasteiger partial charge in [0.05, 0.1) is 19.8 Å². The number of benzene rings is 2. The van der Waals surface area contributed by atoms with Crippen LogP contribution in [0.1, 0.15) is 22.7 Å². The normalized spacial score (nSPS) is 11.7. The van der Waals surface area contributed by atoms with Crippen molar-refractivity contribution in [2.75, 3.05) is 27.3 Å². The van der Waals surface area contributed by atoms with Gasteiger partial charge in [-0.15, -0.1) is 0 Å². The van der Waals surface area contributed by atoms with E-state index in [0.717, 1.165) is 17.7 Å². The van der Waals surface area contributed by atoms with E-state index in [1.165, 1.54) is 16.0 Å². The van der Waals surface area contributed by atoms with Crippen molar-refractivity contribution in [1.29, 1.82) is 0 Å². The van der Waals surface area contributed by atoms with Crippen molar-refractivity contribution in [1.82, 2.24) is 10.2 Å². The van der Waals surface area contributed by atoms with Crippen LogP contribution >= 0.6 is 0 Å². The second-order valence-corrected chi connectivity index (χ2v) is 6.05. The predicted molar refractivity (Wildman–Crippen MR) is 98.9 cm³/mol. The summed E-state index contributed by atoms with van der Waals surface area (Å²) in [5, 5.41) is 12.6. The van der Waals surface area contributed by atoms with Gasteiger partial charge in [0.2, 0.25) is 0 Å². The number of urea groups is 1. The zero-order valence-corrected chi connectivity index (χ0v) is 15.0. The van der Waals surface area contributed by atoms with Gasteiger partial charge in [-0.3, -0.25) is 0 Å². The third-order valence-electron chi connectivity index (χ3n) is 4.27. The molecule has 0 fully saturated rings. The Morgan fingerprint density at radius 1 is 1.16 bits per heavy atom. The van der Waals surface area contributed by atoms with Crippen molar-refractivity contribution in [3.05, 3.63) is 65.2 Å². The van der Waals surface area contributed by atoms with E-state index in [-0.39, 0.29) is 12.6 Å². The van der Waals surface area contributed by atoms with E-state index >= 15 is 0 Å². The van der Waals surface area contributed by atoms with Gasteiger partial charge in [0.15, 0.2) is 0 Å². The van der Waals surface area contributed by atoms with Crippen molar-refractivity contribution in [2.24, 2.45) is 0 Å². The molecule has 0 bridgehead atoms. The first kappa shape index (κ1) is 18.8. The zero-order valence-electron chi connectivity index (χ0n) is 15.0. The van der Waals surface area contributed by atoms with Gasteiger partial charge in [-0.1, -0.05) is 42.0 Å². The standard InChI is InChI=1S/C20H26N2O3/c1-15-4-6-16(7-5-15)12-13-21-20(24)22(2)19(14-23)17-8-10-18(25-3)11-9-17/h4-11,19,23H,12-14H2,1-3H3,(H,21,24). The summed E-state index contributed by atoms with van der Waals surface area (Å²) in [6, 6.07) is 15.0. The van der Waals surface area contributed by atoms with E-state index in [4.69, 9.17) is 4.74 Å². The number of amides is 2. The molecule has 2 rings (SSSR count). The highest BCUT2D eigenvalue weighted by molar-refractivity contribution is 5.74. The Kier molecular flexibility index (Phi) is 6.83. The topological polar surface area (TPSA) is 61.8 Å². The number of likely N-dealkylation sites (N-methyl/N-ethyl adjacent to an activating group) is 1. The van der Waals surface area contributed by atoms with Crippen molar-refractivity contribution in [2.45, 2.75) is 19.4 Å². The van der Waals surface area contributed by atoms with Gasteiger partial charge in [0.1, 0.15) is 5.75 Å². The number of methoxy groups -OCH3 is 1. The minimum absolute atomic E-state index is 0.145. The molecule has 134 valence electrons. The monoisotopic (exact) mass is 342 g/mol. The molecule has 2 aromatic carbocycles. The Morgan fingerprint density at radius 2 is 1.80 bits per heavy atom. The molecule has 0 aliphatic carbocycles. The number of aliphatic hydroxyl groups excluding tert-OH is 1. The van der Waals surface area contributed by atoms with E-state index in [1.807, 2.05) is 24.3 Å². The number of ether oxygens (including phenoxy) is 1. The van der Waals surface area contributed by atoms with Crippen LogP contribution in [0, 0.1) is 6.92 Å². The fourth-order valence-electron chi connectivity index (χ4n) is 2.61. The van der Waals surface area contributed by atoms with E-state index in [1.54, 1.807) is 14.2 Å². The number of hydrogen-bond donors (Lipinski definition) is 2. The second kappa shape index (κ2) is 9.08. The maximum atomic E-state index is 12.4. The number of nitrogens with zero attached hydrogens (tertiary/aromatic N) is 1. The van der Waals surface area contributed by atoms with Crippen LogP contribution in [0.4, 0.5) is 4.79 Å². The predicted octanol–water partition coefficient (Wildman–Crippen LogP) is 2.92. The largest absolute Gasteiger partial charge is 0.497 e. The smallest absolute Gasteiger partial charge is 0.317 e. The molecule has 2 amide bonds. The molecule has 0 radical (unpaired) electrons. The van der Waals surface area contributed by atoms with Gasteiger partial charge >= 0.3 is 6.03 Å². The molecule has 1 unspecified atom stereocenters. The van der Waals surface area contributed by atoms with Crippen molar-refractivity contribution in [3.63, 3.8) is 0 Å². The van der Waals surface area contributed by atoms with Gasteiger partial charge in [-0.2, -0.15) is 0 Å². The summed E-state index contributed by atoms with van der Waals surface area (Å²) in [4.78, 5) is 13.9. The first-order valence-corrected chi connectivity index (χ1v) is 8.36. The van der Waals surface area contributed by atoms with Crippen LogP contribution in [0.3, 0.4) is 0 Å². The fourth-order valence-corrected chi connectivity index (χ4v) is 2.61. The number of nitrogens with one attached hydrogen (secondary N) is 1. The molecule has 1 atom stereocenters. The molecule has 0 aromatic heterocycles. The first-order chi connectivity index (χ1) is 12.0. The van der Waals surface area contributed by atoms with Gasteiger partial charge in [-0.05, 0) is 36.6 Å². The molecule has 2 aromatic rings. The van der Waals surface area contributed by atoms with E-state index in [9.17, 15) is 9.90 Å². The molecular weight excluding hydrogens is 316 g/mol. The molecule has 0 saturated heterocycles. The van der Waals surface area contributed by atoms with Crippen molar-refractivity contribution >= 4 is 6.03 Å². The molecule has 2 N–H and O–H groups in total. The molecule has 0 aliphatic rings. The molecule has 25 heavy (non-hydrogen) atoms. The van der Waals surface area contributed by atoms with Crippen LogP contribution in [0.5, 0.6) is 5.75 Å². The Hall–Kier alpha value is -2.53. The summed E-state index contributed by atoms with van der Waals surface area (Å²) in [5.74, 6) is 0.741. The van der Waals surface area contributed by atoms with Crippen LogP contribution < -0.4 is 10.1 Å². The van der Waals surface area contributed by atoms with Gasteiger partial charge < -0.3 is 20.1 Å². The van der Waals surface area contributed by atoms with E-state index in [0.29, 0.717) is 6.54 Å². The lowest BCUT2D eigenvalue weighted by Gasteiger charge is -2.27. The summed E-state index contributed by atoms with van der Waals surface area (Å²) in [6.07, 6.45) is 0.770. The lowest BCUT2D eigenvalue weighted by atomic mass is 10.1. The number of carbonyl (C=O) groups excluding carboxylic acids is 1. The maximum absolute atomic E-state index is 12.4. The molecule has 5 heteroatoms. The highest BCUT2D eigenvalue weighted by Gasteiger charge is 2.20. The molecule has 0 heterocycles. The number of rotatable bonds is 7. The van der Waals surface area contributed by atoms with Gasteiger partial charge in [-0.25, -0.2) is 4.79 Å². The quantitative estimate of drug-likeness (QED) is 0.813. The molecule has 0 saturated carbocycles. The maximum Gasteiger partial charge on any atom is 0.317 e. The van der Waals surface area contributed by atoms with Crippen molar-refractivity contribution in [3.8, 4) is 5.75 Å². The Morgan fingerprint density at radius 3 is 2.36 bits per heavy atom. The van der Waals surface area contributed by atoms with E-state index in [2.05, 4.69) is 36.5 Å². The van der Waals surface area contributed by atoms with Crippen LogP contribution in [0.2, 0.25) is 0 Å². The van der Waals surface area contributed by atoms with Crippen LogP contribution in [-0.4, -0.2) is 43.3 Å². The lowest BCUT2D eigenvalue weighted by Crippen LogP contribution is -2.41. The number of hydrogen-bond acceptors (Lipinski definition) is 3. The SMILES string of the molecule is COc1ccc(C(CO)N(C)C(=O)NCCc2ccc(C)cc2)cc1. The third-order valence-corrected chi connectivity index (χ3v) is 4.27. The summed E-state index contributed by atoms with van der Waals surface area (Å²) in [5.41, 5.74) is 3.26. The molecular formula is C20H26N2O3. The first-order valence-electron chi connectivity index (χ1n) is 8.36. The molecule has 0 aliphatic heterocycles. The Bertz CT molecular complexity index is 668. The summed E-state index contributed by atoms with van der Waals surface area (Å²) in [7, 11) is 3.29. The zero-order chi connectivity index (χ0) is 18.2. The Balaban J connectivity index is 1.90. The average molecular weight is 342 g/mol. The van der Waals surface area contributed by atoms with Crippen LogP contribution in [0.25, 0.3) is 0 Å². The number of aliphatic hydroxyl groups is 1. The lowest BCUT2D eigenvalue weighted by molar-refractivity contribution is 0.150. The van der Waals surface area contributed by atoms with Crippen LogP contribution in [0.15, 0.2) is 48.5 Å². The summed E-state index contributed by atoms with van der Waals surface area (Å²) < 4.78 is 5.14. The second-order valence-electron chi connectivity index (χ2n) is 6.05. The minimum atomic E-state index is -0.398. The minimum Gasteiger partial charge on any atom is -0.497 e. The summed E-state index contributed by atoms with van der Waals surface area (Å²) >= 11 is 0. The van der Waals surface area contributed by atoms with Crippen molar-refractivity contribution < 1.29 is 14.6 Å². The van der Waals surface area contributed by atoms with Gasteiger partial charge in [0, 0.05) is 13.6 Å². The van der Waals surface area contributed by atoms with Gasteiger partial charge in [0.25, 0.3) is 0 Å². The number of aryl methyl sites for hydroxylation is 1. The summed E-state index contributed by atoms with van der Waals surface area (Å²) in [6.45, 7) is 2.45.